The molecule has 0 N–H and O–H groups in total. The van der Waals surface area contributed by atoms with Crippen molar-refractivity contribution in [2.45, 2.75) is 13.8 Å². The van der Waals surface area contributed by atoms with Crippen LogP contribution in [-0.2, 0) is 4.74 Å². The highest BCUT2D eigenvalue weighted by molar-refractivity contribution is 6.30. The molecule has 0 atom stereocenters. The third kappa shape index (κ3) is 3.51. The van der Waals surface area contributed by atoms with Crippen molar-refractivity contribution in [1.82, 2.24) is 14.8 Å². The van der Waals surface area contributed by atoms with E-state index in [0.29, 0.717) is 17.2 Å². The van der Waals surface area contributed by atoms with E-state index in [4.69, 9.17) is 21.4 Å². The van der Waals surface area contributed by atoms with Crippen molar-refractivity contribution in [2.24, 2.45) is 0 Å². The Morgan fingerprint density at radius 3 is 2.47 bits per heavy atom. The van der Waals surface area contributed by atoms with Crippen molar-refractivity contribution >= 4 is 39.4 Å². The lowest BCUT2D eigenvalue weighted by molar-refractivity contribution is 0.0526. The number of carbonyl (C=O) groups is 1. The number of ether oxygens (including phenoxy) is 1. The average Bonchev–Trinajstić information content (AvgIpc) is 3.20. The lowest BCUT2D eigenvalue weighted by atomic mass is 10.0. The number of carbonyl (C=O) groups excluding carboxylic acids is 1. The minimum absolute atomic E-state index is 0.319. The van der Waals surface area contributed by atoms with Gasteiger partial charge in [-0.2, -0.15) is 5.10 Å². The molecule has 0 unspecified atom stereocenters. The molecule has 2 heterocycles. The number of esters is 1. The molecule has 158 valence electrons. The van der Waals surface area contributed by atoms with Gasteiger partial charge in [0, 0.05) is 27.6 Å². The molecule has 5 nitrogen and oxygen atoms in total. The van der Waals surface area contributed by atoms with Crippen molar-refractivity contribution in [3.05, 3.63) is 89.1 Å². The quantitative estimate of drug-likeness (QED) is 0.304. The van der Waals surface area contributed by atoms with Crippen molar-refractivity contribution in [3.8, 4) is 16.9 Å². The molecule has 0 aliphatic heterocycles. The first kappa shape index (κ1) is 20.2. The SMILES string of the molecule is CCOC(=O)c1ccc2ncc3c(-c4ccc(C)cc4)nn(-c4ccc(Cl)cc4)c3c2c1. The van der Waals surface area contributed by atoms with E-state index in [1.54, 1.807) is 13.0 Å². The predicted octanol–water partition coefficient (Wildman–Crippen LogP) is 6.38. The summed E-state index contributed by atoms with van der Waals surface area (Å²) in [5, 5.41) is 7.35. The number of hydrogen-bond acceptors (Lipinski definition) is 4. The number of aromatic nitrogens is 3. The molecule has 0 aliphatic carbocycles. The summed E-state index contributed by atoms with van der Waals surface area (Å²) in [7, 11) is 0. The molecule has 3 aromatic carbocycles. The van der Waals surface area contributed by atoms with E-state index in [9.17, 15) is 4.79 Å². The molecule has 5 aromatic rings. The van der Waals surface area contributed by atoms with Gasteiger partial charge in [0.1, 0.15) is 5.69 Å². The zero-order valence-corrected chi connectivity index (χ0v) is 18.4. The highest BCUT2D eigenvalue weighted by Crippen LogP contribution is 2.34. The molecule has 0 bridgehead atoms. The number of hydrogen-bond donors (Lipinski definition) is 0. The van der Waals surface area contributed by atoms with Gasteiger partial charge in [-0.1, -0.05) is 41.4 Å². The highest BCUT2D eigenvalue weighted by atomic mass is 35.5. The molecule has 0 spiro atoms. The van der Waals surface area contributed by atoms with Crippen molar-refractivity contribution in [1.29, 1.82) is 0 Å². The first-order valence-corrected chi connectivity index (χ1v) is 10.7. The first-order chi connectivity index (χ1) is 15.5. The summed E-state index contributed by atoms with van der Waals surface area (Å²) in [5.74, 6) is -0.359. The van der Waals surface area contributed by atoms with Crippen LogP contribution in [0.5, 0.6) is 0 Å². The monoisotopic (exact) mass is 441 g/mol. The molecule has 0 aliphatic rings. The molecule has 32 heavy (non-hydrogen) atoms. The van der Waals surface area contributed by atoms with Gasteiger partial charge in [-0.25, -0.2) is 9.48 Å². The topological polar surface area (TPSA) is 57.0 Å². The van der Waals surface area contributed by atoms with Gasteiger partial charge in [0.25, 0.3) is 0 Å². The van der Waals surface area contributed by atoms with Crippen molar-refractivity contribution in [3.63, 3.8) is 0 Å². The third-order valence-corrected chi connectivity index (χ3v) is 5.67. The summed E-state index contributed by atoms with van der Waals surface area (Å²) >= 11 is 6.12. The lowest BCUT2D eigenvalue weighted by Gasteiger charge is -2.08. The van der Waals surface area contributed by atoms with Crippen LogP contribution in [0.3, 0.4) is 0 Å². The van der Waals surface area contributed by atoms with Gasteiger partial charge in [0.15, 0.2) is 0 Å². The predicted molar refractivity (Wildman–Crippen MR) is 128 cm³/mol. The third-order valence-electron chi connectivity index (χ3n) is 5.41. The van der Waals surface area contributed by atoms with Gasteiger partial charge in [-0.3, -0.25) is 4.98 Å². The van der Waals surface area contributed by atoms with Gasteiger partial charge >= 0.3 is 5.97 Å². The highest BCUT2D eigenvalue weighted by Gasteiger charge is 2.18. The van der Waals surface area contributed by atoms with Crippen LogP contribution in [0.1, 0.15) is 22.8 Å². The Balaban J connectivity index is 1.84. The molecule has 0 amide bonds. The second-order valence-corrected chi connectivity index (χ2v) is 8.01. The Hall–Kier alpha value is -3.70. The molecular weight excluding hydrogens is 422 g/mol. The lowest BCUT2D eigenvalue weighted by Crippen LogP contribution is -2.04. The molecule has 0 radical (unpaired) electrons. The average molecular weight is 442 g/mol. The van der Waals surface area contributed by atoms with E-state index in [-0.39, 0.29) is 5.97 Å². The zero-order valence-electron chi connectivity index (χ0n) is 17.7. The van der Waals surface area contributed by atoms with Crippen LogP contribution in [0.15, 0.2) is 72.9 Å². The van der Waals surface area contributed by atoms with Gasteiger partial charge in [-0.05, 0) is 56.3 Å². The molecular formula is C26H20ClN3O2. The van der Waals surface area contributed by atoms with Crippen molar-refractivity contribution in [2.75, 3.05) is 6.61 Å². The van der Waals surface area contributed by atoms with Gasteiger partial charge in [-0.15, -0.1) is 0 Å². The fraction of sp³-hybridized carbons (Fsp3) is 0.115. The number of benzene rings is 3. The minimum atomic E-state index is -0.359. The van der Waals surface area contributed by atoms with Crippen LogP contribution in [0.4, 0.5) is 0 Å². The Morgan fingerprint density at radius 1 is 1.00 bits per heavy atom. The van der Waals surface area contributed by atoms with E-state index in [2.05, 4.69) is 36.2 Å². The standard InChI is InChI=1S/C26H20ClN3O2/c1-3-32-26(31)18-8-13-23-21(14-18)25-22(15-28-23)24(17-6-4-16(2)5-7-17)29-30(25)20-11-9-19(27)10-12-20/h4-15H,3H2,1-2H3. The smallest absolute Gasteiger partial charge is 0.338 e. The summed E-state index contributed by atoms with van der Waals surface area (Å²) in [6.45, 7) is 4.17. The molecule has 0 fully saturated rings. The van der Waals surface area contributed by atoms with E-state index in [1.807, 2.05) is 47.3 Å². The first-order valence-electron chi connectivity index (χ1n) is 10.4. The van der Waals surface area contributed by atoms with Crippen LogP contribution in [-0.4, -0.2) is 27.3 Å². The summed E-state index contributed by atoms with van der Waals surface area (Å²) in [5.41, 5.74) is 6.00. The van der Waals surface area contributed by atoms with Crippen LogP contribution >= 0.6 is 11.6 Å². The maximum atomic E-state index is 12.4. The van der Waals surface area contributed by atoms with E-state index in [0.717, 1.165) is 38.8 Å². The molecule has 5 rings (SSSR count). The van der Waals surface area contributed by atoms with Crippen LogP contribution in [0.2, 0.25) is 5.02 Å². The fourth-order valence-electron chi connectivity index (χ4n) is 3.82. The second-order valence-electron chi connectivity index (χ2n) is 7.58. The molecule has 0 saturated heterocycles. The largest absolute Gasteiger partial charge is 0.462 e. The molecule has 6 heteroatoms. The zero-order chi connectivity index (χ0) is 22.2. The Morgan fingerprint density at radius 2 is 1.75 bits per heavy atom. The number of rotatable bonds is 4. The number of pyridine rings is 1. The summed E-state index contributed by atoms with van der Waals surface area (Å²) < 4.78 is 7.09. The van der Waals surface area contributed by atoms with E-state index in [1.165, 1.54) is 5.56 Å². The number of aryl methyl sites for hydroxylation is 1. The summed E-state index contributed by atoms with van der Waals surface area (Å²) in [6.07, 6.45) is 1.84. The summed E-state index contributed by atoms with van der Waals surface area (Å²) in [4.78, 5) is 17.0. The maximum absolute atomic E-state index is 12.4. The summed E-state index contributed by atoms with van der Waals surface area (Å²) in [6, 6.07) is 21.2. The normalized spacial score (nSPS) is 11.2. The Labute approximate surface area is 190 Å². The number of nitrogens with zero attached hydrogens (tertiary/aromatic N) is 3. The van der Waals surface area contributed by atoms with Gasteiger partial charge in [0.05, 0.1) is 28.9 Å². The molecule has 2 aromatic heterocycles. The van der Waals surface area contributed by atoms with Crippen molar-refractivity contribution < 1.29 is 9.53 Å². The van der Waals surface area contributed by atoms with Crippen LogP contribution in [0.25, 0.3) is 38.8 Å². The molecule has 0 saturated carbocycles. The van der Waals surface area contributed by atoms with Gasteiger partial charge < -0.3 is 4.74 Å². The van der Waals surface area contributed by atoms with Crippen LogP contribution < -0.4 is 0 Å². The van der Waals surface area contributed by atoms with E-state index < -0.39 is 0 Å². The fourth-order valence-corrected chi connectivity index (χ4v) is 3.95. The van der Waals surface area contributed by atoms with E-state index >= 15 is 0 Å². The van der Waals surface area contributed by atoms with Gasteiger partial charge in [0.2, 0.25) is 0 Å². The number of fused-ring (bicyclic) bond motifs is 3. The number of halogens is 1. The minimum Gasteiger partial charge on any atom is -0.462 e. The Kier molecular flexibility index (Phi) is 5.11. The Bertz CT molecular complexity index is 1460. The maximum Gasteiger partial charge on any atom is 0.338 e. The van der Waals surface area contributed by atoms with Crippen LogP contribution in [0, 0.1) is 6.92 Å². The second kappa shape index (κ2) is 8.09.